The Bertz CT molecular complexity index is 688. The highest BCUT2D eigenvalue weighted by atomic mass is 32.2. The van der Waals surface area contributed by atoms with Gasteiger partial charge in [-0.15, -0.1) is 0 Å². The number of carbonyl (C=O) groups excluding carboxylic acids is 1. The van der Waals surface area contributed by atoms with Crippen LogP contribution in [0, 0.1) is 5.82 Å². The zero-order valence-corrected chi connectivity index (χ0v) is 14.5. The zero-order valence-electron chi connectivity index (χ0n) is 13.7. The van der Waals surface area contributed by atoms with Gasteiger partial charge in [-0.05, 0) is 24.5 Å². The van der Waals surface area contributed by atoms with Crippen molar-refractivity contribution in [3.63, 3.8) is 0 Å². The van der Waals surface area contributed by atoms with E-state index in [1.54, 1.807) is 18.2 Å². The first-order valence-corrected chi connectivity index (χ1v) is 9.47. The molecule has 1 unspecified atom stereocenters. The summed E-state index contributed by atoms with van der Waals surface area (Å²) in [7, 11) is -3.40. The van der Waals surface area contributed by atoms with Crippen molar-refractivity contribution in [2.75, 3.05) is 19.3 Å². The molecule has 1 aliphatic rings. The Kier molecular flexibility index (Phi) is 5.10. The van der Waals surface area contributed by atoms with Crippen molar-refractivity contribution in [2.45, 2.75) is 38.1 Å². The van der Waals surface area contributed by atoms with Gasteiger partial charge in [-0.25, -0.2) is 12.8 Å². The quantitative estimate of drug-likeness (QED) is 0.885. The van der Waals surface area contributed by atoms with Crippen LogP contribution < -0.4 is 5.32 Å². The van der Waals surface area contributed by atoms with Crippen molar-refractivity contribution in [2.24, 2.45) is 0 Å². The van der Waals surface area contributed by atoms with Gasteiger partial charge in [0.15, 0.2) is 0 Å². The highest BCUT2D eigenvalue weighted by Crippen LogP contribution is 2.25. The molecule has 2 rings (SSSR count). The Hall–Kier alpha value is -1.47. The van der Waals surface area contributed by atoms with Crippen molar-refractivity contribution in [1.29, 1.82) is 0 Å². The lowest BCUT2D eigenvalue weighted by molar-refractivity contribution is -0.124. The van der Waals surface area contributed by atoms with Crippen LogP contribution in [0.15, 0.2) is 24.3 Å². The fourth-order valence-corrected chi connectivity index (χ4v) is 4.05. The molecule has 1 saturated heterocycles. The van der Waals surface area contributed by atoms with Gasteiger partial charge >= 0.3 is 0 Å². The van der Waals surface area contributed by atoms with E-state index in [4.69, 9.17) is 0 Å². The van der Waals surface area contributed by atoms with Crippen LogP contribution >= 0.6 is 0 Å². The average molecular weight is 342 g/mol. The molecule has 0 spiro atoms. The fraction of sp³-hybridized carbons (Fsp3) is 0.562. The molecule has 0 bridgehead atoms. The summed E-state index contributed by atoms with van der Waals surface area (Å²) in [5.74, 6) is -0.636. The Labute approximate surface area is 136 Å². The molecule has 1 aliphatic heterocycles. The van der Waals surface area contributed by atoms with E-state index in [9.17, 15) is 17.6 Å². The number of sulfonamides is 1. The molecule has 1 amide bonds. The van der Waals surface area contributed by atoms with Crippen LogP contribution in [-0.4, -0.2) is 44.0 Å². The third-order valence-corrected chi connectivity index (χ3v) is 5.53. The van der Waals surface area contributed by atoms with Crippen LogP contribution in [0.3, 0.4) is 0 Å². The predicted molar refractivity (Wildman–Crippen MR) is 87.0 cm³/mol. The molecule has 1 fully saturated rings. The predicted octanol–water partition coefficient (Wildman–Crippen LogP) is 1.64. The molecule has 1 atom stereocenters. The van der Waals surface area contributed by atoms with Crippen molar-refractivity contribution in [3.8, 4) is 0 Å². The van der Waals surface area contributed by atoms with E-state index in [1.807, 2.05) is 13.8 Å². The van der Waals surface area contributed by atoms with Gasteiger partial charge in [0, 0.05) is 18.5 Å². The molecule has 0 aromatic heterocycles. The molecular formula is C16H23FN2O3S. The smallest absolute Gasteiger partial charge is 0.238 e. The lowest BCUT2D eigenvalue weighted by atomic mass is 9.84. The standard InChI is InChI=1S/C16H23FN2O3S/c1-16(2,12-7-4-5-8-13(12)17)11-18-15(20)14-9-6-10-19(14)23(3,21)22/h4-5,7-8,14H,6,9-11H2,1-3H3,(H,18,20). The van der Waals surface area contributed by atoms with Crippen LogP contribution in [0.4, 0.5) is 4.39 Å². The molecule has 0 radical (unpaired) electrons. The molecule has 23 heavy (non-hydrogen) atoms. The Morgan fingerprint density at radius 3 is 2.65 bits per heavy atom. The fourth-order valence-electron chi connectivity index (χ4n) is 2.93. The minimum atomic E-state index is -3.40. The van der Waals surface area contributed by atoms with E-state index in [1.165, 1.54) is 10.4 Å². The van der Waals surface area contributed by atoms with Gasteiger partial charge in [0.25, 0.3) is 0 Å². The van der Waals surface area contributed by atoms with E-state index >= 15 is 0 Å². The molecule has 0 saturated carbocycles. The van der Waals surface area contributed by atoms with Crippen molar-refractivity contribution >= 4 is 15.9 Å². The lowest BCUT2D eigenvalue weighted by Crippen LogP contribution is -2.48. The number of hydrogen-bond donors (Lipinski definition) is 1. The molecule has 7 heteroatoms. The van der Waals surface area contributed by atoms with Crippen LogP contribution in [-0.2, 0) is 20.2 Å². The molecule has 5 nitrogen and oxygen atoms in total. The summed E-state index contributed by atoms with van der Waals surface area (Å²) in [5, 5.41) is 2.78. The summed E-state index contributed by atoms with van der Waals surface area (Å²) in [6.45, 7) is 4.29. The van der Waals surface area contributed by atoms with E-state index in [-0.39, 0.29) is 18.3 Å². The van der Waals surface area contributed by atoms with E-state index in [0.29, 0.717) is 24.9 Å². The monoisotopic (exact) mass is 342 g/mol. The van der Waals surface area contributed by atoms with Crippen molar-refractivity contribution < 1.29 is 17.6 Å². The summed E-state index contributed by atoms with van der Waals surface area (Å²) in [5.41, 5.74) is -0.0677. The topological polar surface area (TPSA) is 66.5 Å². The summed E-state index contributed by atoms with van der Waals surface area (Å²) in [6, 6.07) is 5.79. The first-order valence-electron chi connectivity index (χ1n) is 7.62. The maximum Gasteiger partial charge on any atom is 0.238 e. The average Bonchev–Trinajstić information content (AvgIpc) is 2.94. The number of nitrogens with one attached hydrogen (secondary N) is 1. The van der Waals surface area contributed by atoms with Gasteiger partial charge in [0.05, 0.1) is 6.26 Å². The van der Waals surface area contributed by atoms with Crippen LogP contribution in [0.1, 0.15) is 32.3 Å². The minimum absolute atomic E-state index is 0.237. The Morgan fingerprint density at radius 1 is 1.39 bits per heavy atom. The number of amides is 1. The molecule has 1 aromatic carbocycles. The number of benzene rings is 1. The van der Waals surface area contributed by atoms with Gasteiger partial charge in [-0.2, -0.15) is 4.31 Å². The third kappa shape index (κ3) is 4.09. The molecule has 1 N–H and O–H groups in total. The van der Waals surface area contributed by atoms with E-state index in [0.717, 1.165) is 6.26 Å². The number of nitrogens with zero attached hydrogens (tertiary/aromatic N) is 1. The highest BCUT2D eigenvalue weighted by Gasteiger charge is 2.37. The molecular weight excluding hydrogens is 319 g/mol. The van der Waals surface area contributed by atoms with E-state index < -0.39 is 21.5 Å². The first-order chi connectivity index (χ1) is 10.6. The van der Waals surface area contributed by atoms with Crippen LogP contribution in [0.25, 0.3) is 0 Å². The van der Waals surface area contributed by atoms with Gasteiger partial charge in [-0.1, -0.05) is 32.0 Å². The second kappa shape index (κ2) is 6.57. The normalized spacial score (nSPS) is 19.7. The molecule has 1 heterocycles. The van der Waals surface area contributed by atoms with Crippen molar-refractivity contribution in [3.05, 3.63) is 35.6 Å². The highest BCUT2D eigenvalue weighted by molar-refractivity contribution is 7.88. The molecule has 0 aliphatic carbocycles. The van der Waals surface area contributed by atoms with Crippen molar-refractivity contribution in [1.82, 2.24) is 9.62 Å². The number of hydrogen-bond acceptors (Lipinski definition) is 3. The first kappa shape index (κ1) is 17.9. The Morgan fingerprint density at radius 2 is 2.04 bits per heavy atom. The summed E-state index contributed by atoms with van der Waals surface area (Å²) in [4.78, 5) is 12.4. The number of halogens is 1. The molecule has 1 aromatic rings. The maximum absolute atomic E-state index is 13.9. The second-order valence-corrected chi connectivity index (χ2v) is 8.55. The summed E-state index contributed by atoms with van der Waals surface area (Å²) >= 11 is 0. The SMILES string of the molecule is CC(C)(CNC(=O)C1CCCN1S(C)(=O)=O)c1ccccc1F. The van der Waals surface area contributed by atoms with E-state index in [2.05, 4.69) is 5.32 Å². The minimum Gasteiger partial charge on any atom is -0.354 e. The number of carbonyl (C=O) groups is 1. The third-order valence-electron chi connectivity index (χ3n) is 4.24. The van der Waals surface area contributed by atoms with Gasteiger partial charge in [0.1, 0.15) is 11.9 Å². The maximum atomic E-state index is 13.9. The second-order valence-electron chi connectivity index (χ2n) is 6.61. The van der Waals surface area contributed by atoms with Gasteiger partial charge < -0.3 is 5.32 Å². The Balaban J connectivity index is 2.05. The largest absolute Gasteiger partial charge is 0.354 e. The molecule has 128 valence electrons. The van der Waals surface area contributed by atoms with Gasteiger partial charge in [-0.3, -0.25) is 4.79 Å². The zero-order chi connectivity index (χ0) is 17.3. The summed E-state index contributed by atoms with van der Waals surface area (Å²) < 4.78 is 38.6. The van der Waals surface area contributed by atoms with Crippen LogP contribution in [0.2, 0.25) is 0 Å². The lowest BCUT2D eigenvalue weighted by Gasteiger charge is -2.28. The van der Waals surface area contributed by atoms with Crippen LogP contribution in [0.5, 0.6) is 0 Å². The van der Waals surface area contributed by atoms with Gasteiger partial charge in [0.2, 0.25) is 15.9 Å². The number of rotatable bonds is 5. The summed E-state index contributed by atoms with van der Waals surface area (Å²) in [6.07, 6.45) is 2.29.